The molecular weight excluding hydrogens is 641 g/mol. The quantitative estimate of drug-likeness (QED) is 0.272. The fourth-order valence-corrected chi connectivity index (χ4v) is 7.13. The van der Waals surface area contributed by atoms with Gasteiger partial charge >= 0.3 is 6.09 Å². The number of rotatable bonds is 11. The van der Waals surface area contributed by atoms with Crippen LogP contribution in [0.5, 0.6) is 17.2 Å². The number of hydrogen-bond donors (Lipinski definition) is 1. The smallest absolute Gasteiger partial charge is 0.407 e. The Bertz CT molecular complexity index is 1700. The first kappa shape index (κ1) is 35.3. The highest BCUT2D eigenvalue weighted by Gasteiger charge is 2.54. The van der Waals surface area contributed by atoms with E-state index >= 15 is 0 Å². The number of alkyl carbamates (subject to hydrolysis) is 1. The molecule has 0 bridgehead atoms. The van der Waals surface area contributed by atoms with Gasteiger partial charge in [0, 0.05) is 81.1 Å². The molecule has 1 spiro atoms. The summed E-state index contributed by atoms with van der Waals surface area (Å²) < 4.78 is 32.5. The largest absolute Gasteiger partial charge is 0.490 e. The monoisotopic (exact) mass is 689 g/mol. The molecule has 6 rings (SSSR count). The van der Waals surface area contributed by atoms with Crippen LogP contribution in [0.3, 0.4) is 0 Å². The molecule has 50 heavy (non-hydrogen) atoms. The molecule has 2 aromatic heterocycles. The number of nitrogens with one attached hydrogen (secondary N) is 1. The number of amides is 2. The van der Waals surface area contributed by atoms with Gasteiger partial charge in [0.25, 0.3) is 5.91 Å². The van der Waals surface area contributed by atoms with Gasteiger partial charge in [-0.1, -0.05) is 0 Å². The summed E-state index contributed by atoms with van der Waals surface area (Å²) in [5.41, 5.74) is 1.93. The van der Waals surface area contributed by atoms with Gasteiger partial charge in [0.1, 0.15) is 35.3 Å². The van der Waals surface area contributed by atoms with E-state index in [2.05, 4.69) is 30.1 Å². The second kappa shape index (κ2) is 14.4. The van der Waals surface area contributed by atoms with Gasteiger partial charge in [-0.2, -0.15) is 0 Å². The highest BCUT2D eigenvalue weighted by atomic mass is 19.1. The molecule has 13 heteroatoms. The summed E-state index contributed by atoms with van der Waals surface area (Å²) in [7, 11) is 0. The second-order valence-electron chi connectivity index (χ2n) is 14.8. The van der Waals surface area contributed by atoms with E-state index in [9.17, 15) is 14.0 Å². The van der Waals surface area contributed by atoms with Crippen molar-refractivity contribution in [1.29, 1.82) is 0 Å². The lowest BCUT2D eigenvalue weighted by molar-refractivity contribution is -0.0352. The fraction of sp³-hybridized carbons (Fsp3) is 0.541. The van der Waals surface area contributed by atoms with Crippen LogP contribution >= 0.6 is 0 Å². The van der Waals surface area contributed by atoms with E-state index in [0.717, 1.165) is 55.9 Å². The molecule has 0 atom stereocenters. The van der Waals surface area contributed by atoms with E-state index in [-0.39, 0.29) is 34.8 Å². The number of halogens is 1. The van der Waals surface area contributed by atoms with Crippen LogP contribution in [-0.2, 0) is 17.7 Å². The molecule has 2 amide bonds. The molecular formula is C37H48FN7O5. The zero-order valence-electron chi connectivity index (χ0n) is 29.9. The molecule has 2 aliphatic heterocycles. The number of fused-ring (bicyclic) bond motifs is 1. The maximum Gasteiger partial charge on any atom is 0.407 e. The van der Waals surface area contributed by atoms with Gasteiger partial charge in [0.05, 0.1) is 11.8 Å². The molecule has 12 nitrogen and oxygen atoms in total. The van der Waals surface area contributed by atoms with Gasteiger partial charge < -0.3 is 29.3 Å². The standard InChI is InChI=1S/C37H48FN7O5/c1-7-45(24(2)3)34(46)27-16-25(38)8-9-30(27)49-32-19-39-23-42-33(32)44-21-37(22-44)17-26(18-37)48-31-10-12-40-29-11-14-43(20-28(29)31)15-13-41-35(47)50-36(4,5)6/h8-10,12,16,19,23-24,26H,7,11,13-15,17-18,20-22H2,1-6H3,(H,41,47). The lowest BCUT2D eigenvalue weighted by atomic mass is 9.61. The van der Waals surface area contributed by atoms with Crippen LogP contribution < -0.4 is 19.7 Å². The van der Waals surface area contributed by atoms with Gasteiger partial charge in [-0.25, -0.2) is 19.2 Å². The Morgan fingerprint density at radius 2 is 1.90 bits per heavy atom. The molecule has 268 valence electrons. The third-order valence-electron chi connectivity index (χ3n) is 9.49. The third-order valence-corrected chi connectivity index (χ3v) is 9.49. The van der Waals surface area contributed by atoms with Crippen molar-refractivity contribution >= 4 is 17.8 Å². The Hall–Kier alpha value is -4.52. The average molecular weight is 690 g/mol. The van der Waals surface area contributed by atoms with Crippen LogP contribution in [0.15, 0.2) is 43.0 Å². The van der Waals surface area contributed by atoms with Crippen LogP contribution in [-0.4, -0.2) is 93.8 Å². The van der Waals surface area contributed by atoms with Crippen LogP contribution in [0, 0.1) is 11.2 Å². The predicted molar refractivity (Wildman–Crippen MR) is 186 cm³/mol. The normalized spacial score (nSPS) is 17.1. The highest BCUT2D eigenvalue weighted by Crippen LogP contribution is 2.52. The van der Waals surface area contributed by atoms with E-state index in [4.69, 9.17) is 14.2 Å². The molecule has 0 unspecified atom stereocenters. The van der Waals surface area contributed by atoms with Crippen molar-refractivity contribution in [2.75, 3.05) is 44.2 Å². The lowest BCUT2D eigenvalue weighted by Gasteiger charge is -2.59. The summed E-state index contributed by atoms with van der Waals surface area (Å²) in [4.78, 5) is 44.9. The summed E-state index contributed by atoms with van der Waals surface area (Å²) in [5, 5.41) is 2.85. The van der Waals surface area contributed by atoms with Crippen molar-refractivity contribution in [3.05, 3.63) is 65.6 Å². The van der Waals surface area contributed by atoms with Crippen molar-refractivity contribution in [3.8, 4) is 17.2 Å². The number of ether oxygens (including phenoxy) is 3. The number of benzene rings is 1. The van der Waals surface area contributed by atoms with Gasteiger partial charge in [-0.05, 0) is 78.6 Å². The van der Waals surface area contributed by atoms with E-state index in [1.165, 1.54) is 24.5 Å². The maximum atomic E-state index is 14.3. The number of hydrogen-bond acceptors (Lipinski definition) is 10. The molecule has 4 heterocycles. The van der Waals surface area contributed by atoms with Gasteiger partial charge in [0.15, 0.2) is 11.6 Å². The molecule has 1 N–H and O–H groups in total. The van der Waals surface area contributed by atoms with E-state index in [0.29, 0.717) is 37.7 Å². The van der Waals surface area contributed by atoms with E-state index < -0.39 is 17.5 Å². The highest BCUT2D eigenvalue weighted by molar-refractivity contribution is 5.97. The van der Waals surface area contributed by atoms with E-state index in [1.807, 2.05) is 53.8 Å². The molecule has 1 aliphatic carbocycles. The summed E-state index contributed by atoms with van der Waals surface area (Å²) in [6.07, 6.45) is 7.26. The Morgan fingerprint density at radius 3 is 2.62 bits per heavy atom. The lowest BCUT2D eigenvalue weighted by Crippen LogP contribution is -2.65. The average Bonchev–Trinajstić information content (AvgIpc) is 3.02. The number of pyridine rings is 1. The number of anilines is 1. The zero-order chi connectivity index (χ0) is 35.6. The summed E-state index contributed by atoms with van der Waals surface area (Å²) >= 11 is 0. The molecule has 3 aliphatic rings. The molecule has 0 radical (unpaired) electrons. The SMILES string of the molecule is CCN(C(=O)c1cc(F)ccc1Oc1cncnc1N1CC2(CC(Oc3ccnc4c3CN(CCNC(=O)OC(C)(C)C)CC4)C2)C1)C(C)C. The van der Waals surface area contributed by atoms with Crippen LogP contribution in [0.1, 0.15) is 76.0 Å². The van der Waals surface area contributed by atoms with Crippen LogP contribution in [0.4, 0.5) is 15.0 Å². The Morgan fingerprint density at radius 1 is 1.12 bits per heavy atom. The number of carbonyl (C=O) groups is 2. The Labute approximate surface area is 293 Å². The molecule has 3 aromatic rings. The second-order valence-corrected chi connectivity index (χ2v) is 14.8. The first-order valence-electron chi connectivity index (χ1n) is 17.5. The Balaban J connectivity index is 1.04. The predicted octanol–water partition coefficient (Wildman–Crippen LogP) is 5.60. The number of nitrogens with zero attached hydrogens (tertiary/aromatic N) is 6. The minimum Gasteiger partial charge on any atom is -0.490 e. The molecule has 1 saturated carbocycles. The topological polar surface area (TPSA) is 122 Å². The maximum absolute atomic E-state index is 14.3. The zero-order valence-corrected chi connectivity index (χ0v) is 29.9. The van der Waals surface area contributed by atoms with E-state index in [1.54, 1.807) is 11.1 Å². The minimum atomic E-state index is -0.528. The molecule has 1 saturated heterocycles. The number of aromatic nitrogens is 3. The van der Waals surface area contributed by atoms with Crippen molar-refractivity contribution in [2.24, 2.45) is 5.41 Å². The van der Waals surface area contributed by atoms with Crippen molar-refractivity contribution < 1.29 is 28.2 Å². The van der Waals surface area contributed by atoms with Crippen molar-refractivity contribution in [1.82, 2.24) is 30.1 Å². The molecule has 1 aromatic carbocycles. The van der Waals surface area contributed by atoms with Gasteiger partial charge in [-0.3, -0.25) is 14.7 Å². The number of carbonyl (C=O) groups excluding carboxylic acids is 2. The summed E-state index contributed by atoms with van der Waals surface area (Å²) in [5.74, 6) is 1.39. The van der Waals surface area contributed by atoms with Crippen molar-refractivity contribution in [2.45, 2.75) is 85.1 Å². The fourth-order valence-electron chi connectivity index (χ4n) is 7.13. The summed E-state index contributed by atoms with van der Waals surface area (Å²) in [6, 6.07) is 5.90. The summed E-state index contributed by atoms with van der Waals surface area (Å²) in [6.45, 7) is 16.2. The molecule has 2 fully saturated rings. The van der Waals surface area contributed by atoms with Crippen LogP contribution in [0.2, 0.25) is 0 Å². The van der Waals surface area contributed by atoms with Crippen LogP contribution in [0.25, 0.3) is 0 Å². The third kappa shape index (κ3) is 7.93. The first-order valence-corrected chi connectivity index (χ1v) is 17.5. The van der Waals surface area contributed by atoms with Gasteiger partial charge in [0.2, 0.25) is 0 Å². The van der Waals surface area contributed by atoms with Gasteiger partial charge in [-0.15, -0.1) is 0 Å². The minimum absolute atomic E-state index is 0.0507. The first-order chi connectivity index (χ1) is 23.8. The Kier molecular flexibility index (Phi) is 10.2. The van der Waals surface area contributed by atoms with Crippen molar-refractivity contribution in [3.63, 3.8) is 0 Å².